The zero-order chi connectivity index (χ0) is 18.2. The number of pyridine rings is 1. The van der Waals surface area contributed by atoms with E-state index >= 15 is 0 Å². The minimum atomic E-state index is -0.547. The lowest BCUT2D eigenvalue weighted by molar-refractivity contribution is 0.00698. The maximum Gasteiger partial charge on any atom is 0.410 e. The van der Waals surface area contributed by atoms with Gasteiger partial charge in [-0.05, 0) is 39.8 Å². The molecule has 0 aromatic carbocycles. The van der Waals surface area contributed by atoms with Crippen LogP contribution >= 0.6 is 0 Å². The molecule has 3 rings (SSSR count). The number of piperazine rings is 1. The first kappa shape index (κ1) is 17.5. The first-order valence-corrected chi connectivity index (χ1v) is 8.58. The van der Waals surface area contributed by atoms with Gasteiger partial charge in [0.1, 0.15) is 17.1 Å². The number of aryl methyl sites for hydroxylation is 1. The standard InChI is InChI=1S/C18H26N4O3/c1-13-10-22-15(19-13)6-5-7-16(22)20-8-9-21(14(11-20)12-23)17(24)25-18(2,3)4/h5-7,10,14,23H,8-9,11-12H2,1-4H3. The number of nitrogens with zero attached hydrogens (tertiary/aromatic N) is 4. The van der Waals surface area contributed by atoms with Crippen LogP contribution in [0.3, 0.4) is 0 Å². The Kier molecular flexibility index (Phi) is 4.60. The van der Waals surface area contributed by atoms with Gasteiger partial charge in [0.2, 0.25) is 0 Å². The summed E-state index contributed by atoms with van der Waals surface area (Å²) in [6.45, 7) is 9.12. The van der Waals surface area contributed by atoms with Gasteiger partial charge in [0, 0.05) is 25.8 Å². The number of carbonyl (C=O) groups is 1. The fraction of sp³-hybridized carbons (Fsp3) is 0.556. The van der Waals surface area contributed by atoms with Crippen molar-refractivity contribution in [2.75, 3.05) is 31.1 Å². The predicted molar refractivity (Wildman–Crippen MR) is 96.0 cm³/mol. The van der Waals surface area contributed by atoms with Crippen LogP contribution in [0.25, 0.3) is 5.65 Å². The smallest absolute Gasteiger partial charge is 0.410 e. The number of fused-ring (bicyclic) bond motifs is 1. The van der Waals surface area contributed by atoms with Gasteiger partial charge in [-0.15, -0.1) is 0 Å². The van der Waals surface area contributed by atoms with Crippen molar-refractivity contribution in [2.24, 2.45) is 0 Å². The van der Waals surface area contributed by atoms with Crippen LogP contribution in [-0.4, -0.2) is 63.4 Å². The van der Waals surface area contributed by atoms with E-state index in [1.54, 1.807) is 4.90 Å². The number of hydrogen-bond acceptors (Lipinski definition) is 5. The third-order valence-corrected chi connectivity index (χ3v) is 4.24. The molecule has 25 heavy (non-hydrogen) atoms. The van der Waals surface area contributed by atoms with Gasteiger partial charge in [0.25, 0.3) is 0 Å². The molecule has 0 spiro atoms. The quantitative estimate of drug-likeness (QED) is 0.901. The number of amides is 1. The van der Waals surface area contributed by atoms with E-state index < -0.39 is 5.60 Å². The minimum absolute atomic E-state index is 0.103. The lowest BCUT2D eigenvalue weighted by Crippen LogP contribution is -2.57. The van der Waals surface area contributed by atoms with Gasteiger partial charge in [-0.2, -0.15) is 0 Å². The number of ether oxygens (including phenoxy) is 1. The van der Waals surface area contributed by atoms with E-state index in [4.69, 9.17) is 4.74 Å². The SMILES string of the molecule is Cc1cn2c(N3CCN(C(=O)OC(C)(C)C)C(CO)C3)cccc2n1. The highest BCUT2D eigenvalue weighted by molar-refractivity contribution is 5.69. The Balaban J connectivity index is 1.80. The van der Waals surface area contributed by atoms with E-state index in [9.17, 15) is 9.90 Å². The Hall–Kier alpha value is -2.28. The van der Waals surface area contributed by atoms with Crippen LogP contribution in [-0.2, 0) is 4.74 Å². The van der Waals surface area contributed by atoms with Crippen molar-refractivity contribution in [2.45, 2.75) is 39.3 Å². The number of hydrogen-bond donors (Lipinski definition) is 1. The van der Waals surface area contributed by atoms with E-state index in [0.29, 0.717) is 19.6 Å². The number of carbonyl (C=O) groups excluding carboxylic acids is 1. The molecule has 136 valence electrons. The molecule has 7 nitrogen and oxygen atoms in total. The zero-order valence-electron chi connectivity index (χ0n) is 15.3. The van der Waals surface area contributed by atoms with Gasteiger partial charge in [-0.25, -0.2) is 9.78 Å². The monoisotopic (exact) mass is 346 g/mol. The molecular formula is C18H26N4O3. The van der Waals surface area contributed by atoms with E-state index in [0.717, 1.165) is 17.2 Å². The summed E-state index contributed by atoms with van der Waals surface area (Å²) in [7, 11) is 0. The van der Waals surface area contributed by atoms with Gasteiger partial charge in [0.15, 0.2) is 0 Å². The van der Waals surface area contributed by atoms with Crippen molar-refractivity contribution in [3.8, 4) is 0 Å². The minimum Gasteiger partial charge on any atom is -0.444 e. The van der Waals surface area contributed by atoms with Crippen LogP contribution in [0.15, 0.2) is 24.4 Å². The third kappa shape index (κ3) is 3.71. The molecule has 1 N–H and O–H groups in total. The fourth-order valence-electron chi connectivity index (χ4n) is 3.16. The van der Waals surface area contributed by atoms with E-state index in [1.165, 1.54) is 0 Å². The van der Waals surface area contributed by atoms with Gasteiger partial charge in [-0.3, -0.25) is 9.30 Å². The highest BCUT2D eigenvalue weighted by Crippen LogP contribution is 2.22. The fourth-order valence-corrected chi connectivity index (χ4v) is 3.16. The number of aromatic nitrogens is 2. The highest BCUT2D eigenvalue weighted by Gasteiger charge is 2.33. The summed E-state index contributed by atoms with van der Waals surface area (Å²) in [4.78, 5) is 20.7. The molecule has 3 heterocycles. The number of rotatable bonds is 2. The van der Waals surface area contributed by atoms with Crippen molar-refractivity contribution in [1.82, 2.24) is 14.3 Å². The van der Waals surface area contributed by atoms with Gasteiger partial charge in [0.05, 0.1) is 18.3 Å². The molecule has 0 saturated carbocycles. The van der Waals surface area contributed by atoms with Gasteiger partial charge >= 0.3 is 6.09 Å². The Labute approximate surface area is 147 Å². The second-order valence-corrected chi connectivity index (χ2v) is 7.45. The second kappa shape index (κ2) is 6.55. The van der Waals surface area contributed by atoms with Crippen molar-refractivity contribution in [3.63, 3.8) is 0 Å². The van der Waals surface area contributed by atoms with Crippen molar-refractivity contribution in [3.05, 3.63) is 30.1 Å². The molecule has 0 radical (unpaired) electrons. The summed E-state index contributed by atoms with van der Waals surface area (Å²) in [6.07, 6.45) is 1.63. The van der Waals surface area contributed by atoms with Crippen LogP contribution in [0.2, 0.25) is 0 Å². The summed E-state index contributed by atoms with van der Waals surface area (Å²) in [5, 5.41) is 9.80. The first-order valence-electron chi connectivity index (χ1n) is 8.58. The third-order valence-electron chi connectivity index (χ3n) is 4.24. The molecule has 7 heteroatoms. The number of imidazole rings is 1. The average molecular weight is 346 g/mol. The molecule has 1 aliphatic heterocycles. The van der Waals surface area contributed by atoms with Crippen LogP contribution in [0, 0.1) is 6.92 Å². The molecular weight excluding hydrogens is 320 g/mol. The molecule has 1 unspecified atom stereocenters. The molecule has 2 aromatic rings. The lowest BCUT2D eigenvalue weighted by Gasteiger charge is -2.41. The predicted octanol–water partition coefficient (Wildman–Crippen LogP) is 2.06. The van der Waals surface area contributed by atoms with Crippen LogP contribution < -0.4 is 4.90 Å². The Morgan fingerprint density at radius 3 is 2.80 bits per heavy atom. The molecule has 1 fully saturated rings. The highest BCUT2D eigenvalue weighted by atomic mass is 16.6. The normalized spacial score (nSPS) is 18.7. The van der Waals surface area contributed by atoms with E-state index in [-0.39, 0.29) is 18.7 Å². The van der Waals surface area contributed by atoms with Gasteiger partial charge < -0.3 is 14.7 Å². The summed E-state index contributed by atoms with van der Waals surface area (Å²) in [5.41, 5.74) is 1.30. The molecule has 1 saturated heterocycles. The number of aliphatic hydroxyl groups is 1. The largest absolute Gasteiger partial charge is 0.444 e. The summed E-state index contributed by atoms with van der Waals surface area (Å²) in [5.74, 6) is 1.01. The van der Waals surface area contributed by atoms with Gasteiger partial charge in [-0.1, -0.05) is 6.07 Å². The maximum absolute atomic E-state index is 12.4. The zero-order valence-corrected chi connectivity index (χ0v) is 15.3. The van der Waals surface area contributed by atoms with Crippen LogP contribution in [0.5, 0.6) is 0 Å². The number of anilines is 1. The lowest BCUT2D eigenvalue weighted by atomic mass is 10.1. The average Bonchev–Trinajstić information content (AvgIpc) is 2.92. The molecule has 1 atom stereocenters. The molecule has 0 aliphatic carbocycles. The summed E-state index contributed by atoms with van der Waals surface area (Å²) < 4.78 is 7.51. The molecule has 1 amide bonds. The topological polar surface area (TPSA) is 70.3 Å². The van der Waals surface area contributed by atoms with Crippen molar-refractivity contribution >= 4 is 17.6 Å². The van der Waals surface area contributed by atoms with Crippen molar-refractivity contribution in [1.29, 1.82) is 0 Å². The first-order chi connectivity index (χ1) is 11.8. The van der Waals surface area contributed by atoms with Crippen molar-refractivity contribution < 1.29 is 14.6 Å². The van der Waals surface area contributed by atoms with Crippen LogP contribution in [0.1, 0.15) is 26.5 Å². The van der Waals surface area contributed by atoms with E-state index in [1.807, 2.05) is 56.5 Å². The van der Waals surface area contributed by atoms with Crippen LogP contribution in [0.4, 0.5) is 10.6 Å². The Morgan fingerprint density at radius 2 is 2.12 bits per heavy atom. The molecule has 1 aliphatic rings. The Morgan fingerprint density at radius 1 is 1.36 bits per heavy atom. The Bertz CT molecular complexity index is 765. The van der Waals surface area contributed by atoms with E-state index in [2.05, 4.69) is 9.88 Å². The molecule has 0 bridgehead atoms. The summed E-state index contributed by atoms with van der Waals surface area (Å²) in [6, 6.07) is 5.68. The molecule has 2 aromatic heterocycles. The summed E-state index contributed by atoms with van der Waals surface area (Å²) >= 11 is 0. The number of aliphatic hydroxyl groups excluding tert-OH is 1. The maximum atomic E-state index is 12.4. The second-order valence-electron chi connectivity index (χ2n) is 7.45.